The zero-order valence-corrected chi connectivity index (χ0v) is 19.9. The number of halogens is 1. The molecule has 1 N–H and O–H groups in total. The van der Waals surface area contributed by atoms with E-state index in [1.807, 2.05) is 24.3 Å². The molecule has 1 fully saturated rings. The number of nitrogens with one attached hydrogen (secondary N) is 1. The van der Waals surface area contributed by atoms with E-state index >= 15 is 0 Å². The maximum atomic E-state index is 13.9. The van der Waals surface area contributed by atoms with Gasteiger partial charge in [-0.15, -0.1) is 0 Å². The highest BCUT2D eigenvalue weighted by Gasteiger charge is 2.20. The number of hydrogen-bond donors (Lipinski definition) is 1. The van der Waals surface area contributed by atoms with Crippen LogP contribution in [0.15, 0.2) is 60.7 Å². The minimum atomic E-state index is -0.381. The molecular weight excluding hydrogens is 451 g/mol. The molecule has 3 aromatic rings. The van der Waals surface area contributed by atoms with Gasteiger partial charge < -0.3 is 29.2 Å². The Bertz CT molecular complexity index is 1160. The van der Waals surface area contributed by atoms with E-state index in [2.05, 4.69) is 10.2 Å². The lowest BCUT2D eigenvalue weighted by Gasteiger charge is -2.30. The van der Waals surface area contributed by atoms with Crippen molar-refractivity contribution in [1.82, 2.24) is 0 Å². The second kappa shape index (κ2) is 11.6. The van der Waals surface area contributed by atoms with Crippen molar-refractivity contribution in [2.75, 3.05) is 50.7 Å². The van der Waals surface area contributed by atoms with Crippen molar-refractivity contribution in [2.45, 2.75) is 13.2 Å². The Balaban J connectivity index is 1.44. The van der Waals surface area contributed by atoms with Gasteiger partial charge in [-0.05, 0) is 42.0 Å². The highest BCUT2D eigenvalue weighted by Crippen LogP contribution is 2.30. The molecule has 0 amide bonds. The Labute approximate surface area is 204 Å². The van der Waals surface area contributed by atoms with E-state index in [1.165, 1.54) is 13.2 Å². The topological polar surface area (TPSA) is 69.3 Å². The maximum absolute atomic E-state index is 13.9. The Morgan fingerprint density at radius 2 is 1.83 bits per heavy atom. The predicted octanol–water partition coefficient (Wildman–Crippen LogP) is 4.65. The van der Waals surface area contributed by atoms with E-state index in [-0.39, 0.29) is 18.4 Å². The van der Waals surface area contributed by atoms with Gasteiger partial charge in [-0.25, -0.2) is 9.18 Å². The number of benzene rings is 3. The van der Waals surface area contributed by atoms with Gasteiger partial charge in [-0.2, -0.15) is 0 Å². The summed E-state index contributed by atoms with van der Waals surface area (Å²) in [5.41, 5.74) is 3.57. The summed E-state index contributed by atoms with van der Waals surface area (Å²) in [5.74, 6) is 0.396. The first-order chi connectivity index (χ1) is 17.1. The summed E-state index contributed by atoms with van der Waals surface area (Å²) in [6.45, 7) is 3.31. The molecule has 4 rings (SSSR count). The fraction of sp³-hybridized carbons (Fsp3) is 0.296. The van der Waals surface area contributed by atoms with Crippen LogP contribution in [0.2, 0.25) is 0 Å². The zero-order valence-electron chi connectivity index (χ0n) is 19.9. The SMILES string of the molecule is COC(=O)c1cc(NCc2ccc(OCc3ccccc3F)c(OC)c2)ccc1N1CCOCC1. The first-order valence-corrected chi connectivity index (χ1v) is 11.4. The number of rotatable bonds is 9. The van der Waals surface area contributed by atoms with Gasteiger partial charge in [0.25, 0.3) is 0 Å². The van der Waals surface area contributed by atoms with Gasteiger partial charge in [-0.1, -0.05) is 24.3 Å². The summed E-state index contributed by atoms with van der Waals surface area (Å²) in [6, 6.07) is 17.8. The Kier molecular flexibility index (Phi) is 8.05. The van der Waals surface area contributed by atoms with Crippen molar-refractivity contribution in [3.05, 3.63) is 83.2 Å². The summed E-state index contributed by atoms with van der Waals surface area (Å²) in [7, 11) is 2.95. The van der Waals surface area contributed by atoms with E-state index in [0.29, 0.717) is 42.4 Å². The van der Waals surface area contributed by atoms with Crippen LogP contribution in [-0.4, -0.2) is 46.5 Å². The van der Waals surface area contributed by atoms with Gasteiger partial charge in [0.2, 0.25) is 0 Å². The van der Waals surface area contributed by atoms with E-state index in [0.717, 1.165) is 30.0 Å². The van der Waals surface area contributed by atoms with Crippen LogP contribution in [0.5, 0.6) is 11.5 Å². The summed E-state index contributed by atoms with van der Waals surface area (Å²) >= 11 is 0. The normalized spacial score (nSPS) is 13.3. The molecule has 8 heteroatoms. The number of ether oxygens (including phenoxy) is 4. The second-order valence-corrected chi connectivity index (χ2v) is 8.04. The van der Waals surface area contributed by atoms with Crippen LogP contribution in [0.25, 0.3) is 0 Å². The Morgan fingerprint density at radius 1 is 1.03 bits per heavy atom. The Morgan fingerprint density at radius 3 is 2.57 bits per heavy atom. The number of anilines is 2. The van der Waals surface area contributed by atoms with Gasteiger partial charge in [0.05, 0.1) is 38.7 Å². The molecule has 0 bridgehead atoms. The monoisotopic (exact) mass is 480 g/mol. The number of carbonyl (C=O) groups excluding carboxylic acids is 1. The first kappa shape index (κ1) is 24.3. The number of esters is 1. The van der Waals surface area contributed by atoms with Crippen LogP contribution in [0.1, 0.15) is 21.5 Å². The minimum absolute atomic E-state index is 0.104. The zero-order chi connectivity index (χ0) is 24.6. The summed E-state index contributed by atoms with van der Waals surface area (Å²) in [6.07, 6.45) is 0. The third-order valence-electron chi connectivity index (χ3n) is 5.82. The average Bonchev–Trinajstić information content (AvgIpc) is 2.91. The molecule has 0 aromatic heterocycles. The molecule has 0 spiro atoms. The molecule has 0 atom stereocenters. The van der Waals surface area contributed by atoms with Gasteiger partial charge in [0.15, 0.2) is 11.5 Å². The quantitative estimate of drug-likeness (QED) is 0.447. The summed E-state index contributed by atoms with van der Waals surface area (Å²) < 4.78 is 35.6. The molecule has 0 saturated carbocycles. The third-order valence-corrected chi connectivity index (χ3v) is 5.82. The molecule has 7 nitrogen and oxygen atoms in total. The largest absolute Gasteiger partial charge is 0.493 e. The maximum Gasteiger partial charge on any atom is 0.340 e. The fourth-order valence-corrected chi connectivity index (χ4v) is 3.92. The van der Waals surface area contributed by atoms with Crippen molar-refractivity contribution < 1.29 is 28.1 Å². The molecule has 35 heavy (non-hydrogen) atoms. The van der Waals surface area contributed by atoms with Crippen molar-refractivity contribution in [3.8, 4) is 11.5 Å². The molecule has 3 aromatic carbocycles. The lowest BCUT2D eigenvalue weighted by Crippen LogP contribution is -2.37. The summed E-state index contributed by atoms with van der Waals surface area (Å²) in [5, 5.41) is 3.35. The molecule has 1 aliphatic heterocycles. The first-order valence-electron chi connectivity index (χ1n) is 11.4. The molecule has 184 valence electrons. The van der Waals surface area contributed by atoms with Gasteiger partial charge in [0, 0.05) is 30.9 Å². The molecule has 1 aliphatic rings. The van der Waals surface area contributed by atoms with Crippen molar-refractivity contribution in [2.24, 2.45) is 0 Å². The fourth-order valence-electron chi connectivity index (χ4n) is 3.92. The van der Waals surface area contributed by atoms with Crippen LogP contribution in [0, 0.1) is 5.82 Å². The lowest BCUT2D eigenvalue weighted by atomic mass is 10.1. The number of methoxy groups -OCH3 is 2. The van der Waals surface area contributed by atoms with E-state index in [1.54, 1.807) is 37.4 Å². The predicted molar refractivity (Wildman–Crippen MR) is 132 cm³/mol. The minimum Gasteiger partial charge on any atom is -0.493 e. The van der Waals surface area contributed by atoms with Gasteiger partial charge in [-0.3, -0.25) is 0 Å². The van der Waals surface area contributed by atoms with Crippen molar-refractivity contribution >= 4 is 17.3 Å². The summed E-state index contributed by atoms with van der Waals surface area (Å²) in [4.78, 5) is 14.6. The highest BCUT2D eigenvalue weighted by atomic mass is 19.1. The van der Waals surface area contributed by atoms with E-state index in [9.17, 15) is 9.18 Å². The average molecular weight is 481 g/mol. The molecule has 0 radical (unpaired) electrons. The van der Waals surface area contributed by atoms with E-state index < -0.39 is 0 Å². The second-order valence-electron chi connectivity index (χ2n) is 8.04. The van der Waals surface area contributed by atoms with Crippen LogP contribution in [0.4, 0.5) is 15.8 Å². The lowest BCUT2D eigenvalue weighted by molar-refractivity contribution is 0.0600. The molecule has 0 aliphatic carbocycles. The standard InChI is InChI=1S/C27H29FN2O5/c1-32-26-15-19(7-10-25(26)35-18-20-5-3-4-6-23(20)28)17-29-21-8-9-24(22(16-21)27(31)33-2)30-11-13-34-14-12-30/h3-10,15-16,29H,11-14,17-18H2,1-2H3. The van der Waals surface area contributed by atoms with Crippen LogP contribution >= 0.6 is 0 Å². The Hall–Kier alpha value is -3.78. The third kappa shape index (κ3) is 6.02. The van der Waals surface area contributed by atoms with Crippen LogP contribution in [0.3, 0.4) is 0 Å². The van der Waals surface area contributed by atoms with Crippen molar-refractivity contribution in [1.29, 1.82) is 0 Å². The van der Waals surface area contributed by atoms with Gasteiger partial charge >= 0.3 is 5.97 Å². The molecular formula is C27H29FN2O5. The van der Waals surface area contributed by atoms with Gasteiger partial charge in [0.1, 0.15) is 12.4 Å². The number of morpholine rings is 1. The van der Waals surface area contributed by atoms with Crippen LogP contribution in [-0.2, 0) is 22.6 Å². The smallest absolute Gasteiger partial charge is 0.340 e. The number of carbonyl (C=O) groups is 1. The van der Waals surface area contributed by atoms with E-state index in [4.69, 9.17) is 18.9 Å². The van der Waals surface area contributed by atoms with Crippen LogP contribution < -0.4 is 19.7 Å². The molecule has 1 heterocycles. The molecule has 0 unspecified atom stereocenters. The highest BCUT2D eigenvalue weighted by molar-refractivity contribution is 5.97. The van der Waals surface area contributed by atoms with Crippen molar-refractivity contribution in [3.63, 3.8) is 0 Å². The number of hydrogen-bond acceptors (Lipinski definition) is 7. The molecule has 1 saturated heterocycles. The number of nitrogens with zero attached hydrogens (tertiary/aromatic N) is 1.